The monoisotopic (exact) mass is 395 g/mol. The van der Waals surface area contributed by atoms with Gasteiger partial charge >= 0.3 is 0 Å². The number of amides is 2. The molecule has 1 heterocycles. The van der Waals surface area contributed by atoms with Crippen molar-refractivity contribution in [3.05, 3.63) is 58.4 Å². The van der Waals surface area contributed by atoms with E-state index in [1.165, 1.54) is 24.3 Å². The van der Waals surface area contributed by atoms with E-state index in [1.54, 1.807) is 19.1 Å². The Hall–Kier alpha value is -2.45. The normalized spacial score (nSPS) is 11.0. The number of hydrogen-bond acceptors (Lipinski definition) is 5. The van der Waals surface area contributed by atoms with Crippen LogP contribution in [0.4, 0.5) is 0 Å². The van der Waals surface area contributed by atoms with Crippen LogP contribution in [-0.2, 0) is 16.4 Å². The van der Waals surface area contributed by atoms with Crippen LogP contribution in [0.2, 0.25) is 5.02 Å². The SMILES string of the molecule is CCNC(=O)c1cc(Cl)cc(C(=O)NCc2ccc(S(C)(=O)=O)cc2)n1. The summed E-state index contributed by atoms with van der Waals surface area (Å²) in [5.41, 5.74) is 0.797. The highest BCUT2D eigenvalue weighted by Crippen LogP contribution is 2.13. The number of rotatable bonds is 6. The molecule has 0 saturated heterocycles. The van der Waals surface area contributed by atoms with E-state index in [4.69, 9.17) is 11.6 Å². The minimum atomic E-state index is -3.27. The fraction of sp³-hybridized carbons (Fsp3) is 0.235. The molecule has 138 valence electrons. The van der Waals surface area contributed by atoms with E-state index in [0.29, 0.717) is 6.54 Å². The zero-order valence-electron chi connectivity index (χ0n) is 14.2. The Balaban J connectivity index is 2.09. The summed E-state index contributed by atoms with van der Waals surface area (Å²) in [4.78, 5) is 28.3. The van der Waals surface area contributed by atoms with Gasteiger partial charge in [-0.1, -0.05) is 23.7 Å². The summed E-state index contributed by atoms with van der Waals surface area (Å²) in [7, 11) is -3.27. The van der Waals surface area contributed by atoms with Crippen LogP contribution in [0.3, 0.4) is 0 Å². The number of nitrogens with one attached hydrogen (secondary N) is 2. The molecule has 0 saturated carbocycles. The maximum absolute atomic E-state index is 12.3. The average molecular weight is 396 g/mol. The minimum Gasteiger partial charge on any atom is -0.351 e. The Bertz CT molecular complexity index is 928. The number of benzene rings is 1. The molecule has 0 radical (unpaired) electrons. The van der Waals surface area contributed by atoms with Gasteiger partial charge in [0.25, 0.3) is 11.8 Å². The molecule has 2 N–H and O–H groups in total. The molecular formula is C17H18ClN3O4S. The number of sulfone groups is 1. The molecule has 0 atom stereocenters. The van der Waals surface area contributed by atoms with Crippen molar-refractivity contribution in [2.24, 2.45) is 0 Å². The summed E-state index contributed by atoms with van der Waals surface area (Å²) in [6.07, 6.45) is 1.13. The lowest BCUT2D eigenvalue weighted by Crippen LogP contribution is -2.27. The Labute approximate surface area is 156 Å². The maximum Gasteiger partial charge on any atom is 0.270 e. The first-order chi connectivity index (χ1) is 12.2. The van der Waals surface area contributed by atoms with Crippen LogP contribution in [0.25, 0.3) is 0 Å². The van der Waals surface area contributed by atoms with Crippen molar-refractivity contribution < 1.29 is 18.0 Å². The lowest BCUT2D eigenvalue weighted by molar-refractivity contribution is 0.0943. The van der Waals surface area contributed by atoms with Gasteiger partial charge in [-0.25, -0.2) is 13.4 Å². The highest BCUT2D eigenvalue weighted by molar-refractivity contribution is 7.90. The first-order valence-corrected chi connectivity index (χ1v) is 10.0. The van der Waals surface area contributed by atoms with Crippen LogP contribution < -0.4 is 10.6 Å². The number of aromatic nitrogens is 1. The van der Waals surface area contributed by atoms with Crippen molar-refractivity contribution in [3.8, 4) is 0 Å². The summed E-state index contributed by atoms with van der Waals surface area (Å²) >= 11 is 5.96. The molecule has 1 aromatic carbocycles. The summed E-state index contributed by atoms with van der Waals surface area (Å²) in [6, 6.07) is 8.92. The van der Waals surface area contributed by atoms with Crippen LogP contribution in [-0.4, -0.2) is 38.0 Å². The zero-order chi connectivity index (χ0) is 19.3. The molecule has 0 bridgehead atoms. The van der Waals surface area contributed by atoms with Crippen molar-refractivity contribution in [3.63, 3.8) is 0 Å². The highest BCUT2D eigenvalue weighted by atomic mass is 35.5. The number of halogens is 1. The van der Waals surface area contributed by atoms with Gasteiger partial charge in [0.1, 0.15) is 11.4 Å². The molecule has 7 nitrogen and oxygen atoms in total. The Morgan fingerprint density at radius 2 is 1.58 bits per heavy atom. The molecule has 0 unspecified atom stereocenters. The molecule has 0 fully saturated rings. The summed E-state index contributed by atoms with van der Waals surface area (Å²) < 4.78 is 22.9. The van der Waals surface area contributed by atoms with Gasteiger partial charge in [0, 0.05) is 24.4 Å². The van der Waals surface area contributed by atoms with Crippen molar-refractivity contribution >= 4 is 33.3 Å². The molecule has 26 heavy (non-hydrogen) atoms. The van der Waals surface area contributed by atoms with Gasteiger partial charge in [0.05, 0.1) is 4.90 Å². The predicted octanol–water partition coefficient (Wildman–Crippen LogP) is 1.82. The van der Waals surface area contributed by atoms with Gasteiger partial charge in [-0.15, -0.1) is 0 Å². The number of carbonyl (C=O) groups is 2. The van der Waals surface area contributed by atoms with E-state index in [1.807, 2.05) is 0 Å². The van der Waals surface area contributed by atoms with E-state index in [-0.39, 0.29) is 27.9 Å². The van der Waals surface area contributed by atoms with Gasteiger partial charge in [-0.3, -0.25) is 9.59 Å². The van der Waals surface area contributed by atoms with Gasteiger partial charge in [0.2, 0.25) is 0 Å². The van der Waals surface area contributed by atoms with Crippen LogP contribution in [0.15, 0.2) is 41.3 Å². The summed E-state index contributed by atoms with van der Waals surface area (Å²) in [5, 5.41) is 5.47. The topological polar surface area (TPSA) is 105 Å². The van der Waals surface area contributed by atoms with E-state index in [0.717, 1.165) is 11.8 Å². The number of pyridine rings is 1. The largest absolute Gasteiger partial charge is 0.351 e. The molecule has 0 aliphatic heterocycles. The summed E-state index contributed by atoms with van der Waals surface area (Å²) in [5.74, 6) is -0.911. The second-order valence-corrected chi connectivity index (χ2v) is 7.97. The first-order valence-electron chi connectivity index (χ1n) is 7.73. The second kappa shape index (κ2) is 8.29. The minimum absolute atomic E-state index is 0.0199. The van der Waals surface area contributed by atoms with E-state index >= 15 is 0 Å². The quantitative estimate of drug-likeness (QED) is 0.776. The number of carbonyl (C=O) groups excluding carboxylic acids is 2. The Morgan fingerprint density at radius 1 is 1.04 bits per heavy atom. The average Bonchev–Trinajstić information content (AvgIpc) is 2.59. The van der Waals surface area contributed by atoms with Crippen molar-refractivity contribution in [2.75, 3.05) is 12.8 Å². The molecule has 1 aromatic heterocycles. The fourth-order valence-corrected chi connectivity index (χ4v) is 2.95. The Morgan fingerprint density at radius 3 is 2.08 bits per heavy atom. The van der Waals surface area contributed by atoms with Crippen LogP contribution in [0.5, 0.6) is 0 Å². The third kappa shape index (κ3) is 5.27. The zero-order valence-corrected chi connectivity index (χ0v) is 15.8. The van der Waals surface area contributed by atoms with Crippen molar-refractivity contribution in [1.29, 1.82) is 0 Å². The van der Waals surface area contributed by atoms with E-state index in [9.17, 15) is 18.0 Å². The Kier molecular flexibility index (Phi) is 6.33. The van der Waals surface area contributed by atoms with Gasteiger partial charge in [-0.05, 0) is 36.8 Å². The van der Waals surface area contributed by atoms with E-state index in [2.05, 4.69) is 15.6 Å². The first kappa shape index (κ1) is 19.9. The van der Waals surface area contributed by atoms with Crippen molar-refractivity contribution in [1.82, 2.24) is 15.6 Å². The molecule has 0 aliphatic carbocycles. The maximum atomic E-state index is 12.3. The third-order valence-electron chi connectivity index (χ3n) is 3.40. The standard InChI is InChI=1S/C17H18ClN3O4S/c1-3-19-16(22)14-8-12(18)9-15(21-14)17(23)20-10-11-4-6-13(7-5-11)26(2,24)25/h4-9H,3,10H2,1-2H3,(H,19,22)(H,20,23). The number of nitrogens with zero attached hydrogens (tertiary/aromatic N) is 1. The summed E-state index contributed by atoms with van der Waals surface area (Å²) in [6.45, 7) is 2.37. The fourth-order valence-electron chi connectivity index (χ4n) is 2.11. The molecule has 9 heteroatoms. The van der Waals surface area contributed by atoms with Crippen LogP contribution >= 0.6 is 11.6 Å². The second-order valence-electron chi connectivity index (χ2n) is 5.51. The van der Waals surface area contributed by atoms with Crippen LogP contribution in [0.1, 0.15) is 33.5 Å². The predicted molar refractivity (Wildman–Crippen MR) is 98.0 cm³/mol. The molecule has 2 aromatic rings. The lowest BCUT2D eigenvalue weighted by Gasteiger charge is -2.08. The molecular weight excluding hydrogens is 378 g/mol. The molecule has 2 rings (SSSR count). The highest BCUT2D eigenvalue weighted by Gasteiger charge is 2.14. The van der Waals surface area contributed by atoms with Gasteiger partial charge in [0.15, 0.2) is 9.84 Å². The van der Waals surface area contributed by atoms with Crippen LogP contribution in [0, 0.1) is 0 Å². The molecule has 2 amide bonds. The third-order valence-corrected chi connectivity index (χ3v) is 4.74. The molecule has 0 aliphatic rings. The molecule has 0 spiro atoms. The van der Waals surface area contributed by atoms with Gasteiger partial charge in [-0.2, -0.15) is 0 Å². The smallest absolute Gasteiger partial charge is 0.270 e. The van der Waals surface area contributed by atoms with Gasteiger partial charge < -0.3 is 10.6 Å². The number of hydrogen-bond donors (Lipinski definition) is 2. The van der Waals surface area contributed by atoms with Crippen molar-refractivity contribution in [2.45, 2.75) is 18.4 Å². The lowest BCUT2D eigenvalue weighted by atomic mass is 10.2. The van der Waals surface area contributed by atoms with E-state index < -0.39 is 21.7 Å².